The van der Waals surface area contributed by atoms with Gasteiger partial charge in [-0.25, -0.2) is 4.90 Å². The van der Waals surface area contributed by atoms with Crippen molar-refractivity contribution in [3.63, 3.8) is 0 Å². The maximum absolute atomic E-state index is 13.8. The second-order valence-corrected chi connectivity index (χ2v) is 12.4. The molecule has 5 rings (SSSR count). The smallest absolute Gasteiger partial charge is 0.272 e. The molecule has 1 fully saturated rings. The molecule has 47 heavy (non-hydrogen) atoms. The fourth-order valence-electron chi connectivity index (χ4n) is 4.86. The second-order valence-electron chi connectivity index (χ2n) is 10.2. The lowest BCUT2D eigenvalue weighted by molar-refractivity contribution is -0.121. The van der Waals surface area contributed by atoms with Crippen LogP contribution in [0.3, 0.4) is 0 Å². The van der Waals surface area contributed by atoms with Gasteiger partial charge >= 0.3 is 0 Å². The molecule has 240 valence electrons. The van der Waals surface area contributed by atoms with E-state index in [0.717, 1.165) is 4.47 Å². The van der Waals surface area contributed by atoms with Crippen LogP contribution in [0.1, 0.15) is 22.3 Å². The van der Waals surface area contributed by atoms with Crippen molar-refractivity contribution in [2.45, 2.75) is 16.6 Å². The van der Waals surface area contributed by atoms with Gasteiger partial charge in [-0.05, 0) is 66.7 Å². The van der Waals surface area contributed by atoms with E-state index >= 15 is 0 Å². The summed E-state index contributed by atoms with van der Waals surface area (Å²) in [6, 6.07) is 25.7. The molecule has 1 heterocycles. The number of nitrogens with zero attached hydrogens (tertiary/aromatic N) is 1. The van der Waals surface area contributed by atoms with E-state index in [0.29, 0.717) is 44.6 Å². The Labute approximate surface area is 284 Å². The number of benzene rings is 4. The van der Waals surface area contributed by atoms with Crippen LogP contribution in [0.2, 0.25) is 0 Å². The number of ether oxygens (including phenoxy) is 3. The maximum atomic E-state index is 13.8. The molecule has 12 heteroatoms. The zero-order valence-electron chi connectivity index (χ0n) is 25.6. The van der Waals surface area contributed by atoms with Crippen molar-refractivity contribution in [1.29, 1.82) is 0 Å². The van der Waals surface area contributed by atoms with Crippen LogP contribution < -0.4 is 29.7 Å². The molecular formula is C35H30BrN3O7S. The first-order chi connectivity index (χ1) is 22.7. The number of anilines is 2. The van der Waals surface area contributed by atoms with Gasteiger partial charge in [0.2, 0.25) is 11.8 Å². The lowest BCUT2D eigenvalue weighted by Crippen LogP contribution is -2.31. The fraction of sp³-hybridized carbons (Fsp3) is 0.143. The molecule has 0 aromatic heterocycles. The standard InChI is InChI=1S/C35H30BrN3O7S/c1-44-26-16-22(32(46-3)29(19-26)45-2)17-28(38-33(41)21-8-5-4-6-9-21)34(42)37-24-10-7-11-27(18-24)47-30-20-31(40)39(35(30)43)25-14-12-23(36)13-15-25/h4-19,30H,20H2,1-3H3,(H,37,42)(H,38,41). The van der Waals surface area contributed by atoms with E-state index in [4.69, 9.17) is 14.2 Å². The second kappa shape index (κ2) is 15.0. The van der Waals surface area contributed by atoms with E-state index in [1.165, 1.54) is 44.1 Å². The van der Waals surface area contributed by atoms with Gasteiger partial charge in [0.1, 0.15) is 11.4 Å². The van der Waals surface area contributed by atoms with Crippen molar-refractivity contribution < 1.29 is 33.4 Å². The Kier molecular flexibility index (Phi) is 10.6. The number of methoxy groups -OCH3 is 3. The Morgan fingerprint density at radius 3 is 2.32 bits per heavy atom. The molecule has 0 aliphatic carbocycles. The van der Waals surface area contributed by atoms with Crippen molar-refractivity contribution in [2.75, 3.05) is 31.5 Å². The molecule has 4 amide bonds. The quantitative estimate of drug-likeness (QED) is 0.137. The first kappa shape index (κ1) is 33.3. The van der Waals surface area contributed by atoms with Crippen LogP contribution in [0.4, 0.5) is 11.4 Å². The molecule has 4 aromatic carbocycles. The number of halogens is 1. The van der Waals surface area contributed by atoms with Gasteiger partial charge in [0.15, 0.2) is 11.5 Å². The Morgan fingerprint density at radius 2 is 1.64 bits per heavy atom. The number of hydrogen-bond acceptors (Lipinski definition) is 8. The third-order valence-electron chi connectivity index (χ3n) is 7.11. The van der Waals surface area contributed by atoms with Crippen molar-refractivity contribution in [2.24, 2.45) is 0 Å². The Bertz CT molecular complexity index is 1850. The van der Waals surface area contributed by atoms with Gasteiger partial charge in [-0.15, -0.1) is 11.8 Å². The Hall–Kier alpha value is -5.07. The molecule has 1 saturated heterocycles. The van der Waals surface area contributed by atoms with Crippen LogP contribution >= 0.6 is 27.7 Å². The molecule has 4 aromatic rings. The zero-order chi connectivity index (χ0) is 33.5. The zero-order valence-corrected chi connectivity index (χ0v) is 28.0. The molecule has 1 unspecified atom stereocenters. The van der Waals surface area contributed by atoms with E-state index in [-0.39, 0.29) is 23.9 Å². The van der Waals surface area contributed by atoms with Crippen LogP contribution in [0, 0.1) is 0 Å². The first-order valence-corrected chi connectivity index (χ1v) is 16.0. The lowest BCUT2D eigenvalue weighted by Gasteiger charge is -2.16. The summed E-state index contributed by atoms with van der Waals surface area (Å²) in [5, 5.41) is 4.92. The summed E-state index contributed by atoms with van der Waals surface area (Å²) in [6.45, 7) is 0. The van der Waals surface area contributed by atoms with Gasteiger partial charge in [-0.3, -0.25) is 19.2 Å². The molecule has 0 saturated carbocycles. The van der Waals surface area contributed by atoms with Gasteiger partial charge in [0.05, 0.1) is 32.3 Å². The number of thioether (sulfide) groups is 1. The molecule has 1 aliphatic rings. The topological polar surface area (TPSA) is 123 Å². The number of amides is 4. The highest BCUT2D eigenvalue weighted by atomic mass is 79.9. The Morgan fingerprint density at radius 1 is 0.894 bits per heavy atom. The molecule has 0 bridgehead atoms. The summed E-state index contributed by atoms with van der Waals surface area (Å²) in [5.74, 6) is -0.555. The molecule has 0 spiro atoms. The summed E-state index contributed by atoms with van der Waals surface area (Å²) < 4.78 is 17.3. The van der Waals surface area contributed by atoms with Crippen molar-refractivity contribution in [3.05, 3.63) is 112 Å². The van der Waals surface area contributed by atoms with Gasteiger partial charge in [-0.2, -0.15) is 0 Å². The molecular weight excluding hydrogens is 686 g/mol. The molecule has 1 atom stereocenters. The third kappa shape index (κ3) is 7.84. The Balaban J connectivity index is 1.40. The average Bonchev–Trinajstić information content (AvgIpc) is 3.36. The largest absolute Gasteiger partial charge is 0.497 e. The fourth-order valence-corrected chi connectivity index (χ4v) is 6.24. The first-order valence-electron chi connectivity index (χ1n) is 14.3. The van der Waals surface area contributed by atoms with Crippen molar-refractivity contribution in [1.82, 2.24) is 5.32 Å². The monoisotopic (exact) mass is 715 g/mol. The summed E-state index contributed by atoms with van der Waals surface area (Å²) in [5.41, 5.74) is 1.62. The average molecular weight is 717 g/mol. The minimum absolute atomic E-state index is 0.0421. The third-order valence-corrected chi connectivity index (χ3v) is 8.81. The van der Waals surface area contributed by atoms with E-state index in [9.17, 15) is 19.2 Å². The van der Waals surface area contributed by atoms with Gasteiger partial charge in [0.25, 0.3) is 11.8 Å². The number of hydrogen-bond donors (Lipinski definition) is 2. The summed E-state index contributed by atoms with van der Waals surface area (Å²) in [7, 11) is 4.44. The predicted octanol–water partition coefficient (Wildman–Crippen LogP) is 6.31. The minimum atomic E-state index is -0.631. The summed E-state index contributed by atoms with van der Waals surface area (Å²) in [6.07, 6.45) is 1.51. The maximum Gasteiger partial charge on any atom is 0.272 e. The molecule has 2 N–H and O–H groups in total. The number of carbonyl (C=O) groups excluding carboxylic acids is 4. The predicted molar refractivity (Wildman–Crippen MR) is 184 cm³/mol. The molecule has 0 radical (unpaired) electrons. The SMILES string of the molecule is COc1cc(C=C(NC(=O)c2ccccc2)C(=O)Nc2cccc(SC3CC(=O)N(c4ccc(Br)cc4)C3=O)c2)c(OC)c(OC)c1. The van der Waals surface area contributed by atoms with Crippen LogP contribution in [0.15, 0.2) is 106 Å². The highest BCUT2D eigenvalue weighted by molar-refractivity contribution is 9.10. The lowest BCUT2D eigenvalue weighted by atomic mass is 10.1. The molecule has 1 aliphatic heterocycles. The van der Waals surface area contributed by atoms with E-state index in [2.05, 4.69) is 26.6 Å². The van der Waals surface area contributed by atoms with Crippen LogP contribution in [-0.2, 0) is 14.4 Å². The normalized spacial score (nSPS) is 14.5. The molecule has 10 nitrogen and oxygen atoms in total. The van der Waals surface area contributed by atoms with Gasteiger partial charge in [0, 0.05) is 38.7 Å². The highest BCUT2D eigenvalue weighted by Gasteiger charge is 2.40. The van der Waals surface area contributed by atoms with E-state index in [1.54, 1.807) is 91.0 Å². The number of rotatable bonds is 11. The summed E-state index contributed by atoms with van der Waals surface area (Å²) >= 11 is 4.60. The van der Waals surface area contributed by atoms with Crippen LogP contribution in [0.5, 0.6) is 17.2 Å². The highest BCUT2D eigenvalue weighted by Crippen LogP contribution is 2.37. The van der Waals surface area contributed by atoms with Crippen molar-refractivity contribution in [3.8, 4) is 17.2 Å². The van der Waals surface area contributed by atoms with E-state index in [1.807, 2.05) is 0 Å². The van der Waals surface area contributed by atoms with Gasteiger partial charge in [-0.1, -0.05) is 40.2 Å². The van der Waals surface area contributed by atoms with Crippen molar-refractivity contribution >= 4 is 68.8 Å². The van der Waals surface area contributed by atoms with Gasteiger partial charge < -0.3 is 24.8 Å². The number of nitrogens with one attached hydrogen (secondary N) is 2. The number of imide groups is 1. The number of carbonyl (C=O) groups is 4. The van der Waals surface area contributed by atoms with E-state index < -0.39 is 17.1 Å². The van der Waals surface area contributed by atoms with Crippen LogP contribution in [0.25, 0.3) is 6.08 Å². The minimum Gasteiger partial charge on any atom is -0.497 e. The van der Waals surface area contributed by atoms with Crippen LogP contribution in [-0.4, -0.2) is 50.2 Å². The summed E-state index contributed by atoms with van der Waals surface area (Å²) in [4.78, 5) is 54.8.